The van der Waals surface area contributed by atoms with E-state index in [-0.39, 0.29) is 16.3 Å². The summed E-state index contributed by atoms with van der Waals surface area (Å²) in [5.41, 5.74) is -0.632. The van der Waals surface area contributed by atoms with E-state index in [9.17, 15) is 28.4 Å². The summed E-state index contributed by atoms with van der Waals surface area (Å²) in [6, 6.07) is 8.99. The molecule has 2 aromatic rings. The standard InChI is InChI=1S/C16H16N2O7S/c1-11(16(19)20)17(26(23,24)13-6-4-3-5-7-13)14-10-12(18(21)22)8-9-15(14)25-2/h3-11H,1-2H3,(H,19,20). The lowest BCUT2D eigenvalue weighted by Gasteiger charge is -2.29. The van der Waals surface area contributed by atoms with Gasteiger partial charge in [0.1, 0.15) is 17.5 Å². The second-order valence-electron chi connectivity index (χ2n) is 5.24. The highest BCUT2D eigenvalue weighted by molar-refractivity contribution is 7.93. The van der Waals surface area contributed by atoms with Gasteiger partial charge in [-0.1, -0.05) is 18.2 Å². The summed E-state index contributed by atoms with van der Waals surface area (Å²) in [5, 5.41) is 20.5. The van der Waals surface area contributed by atoms with Crippen molar-refractivity contribution in [2.75, 3.05) is 11.4 Å². The molecule has 0 aliphatic carbocycles. The Labute approximate surface area is 149 Å². The van der Waals surface area contributed by atoms with E-state index in [1.54, 1.807) is 6.07 Å². The van der Waals surface area contributed by atoms with Crippen LogP contribution in [0.3, 0.4) is 0 Å². The van der Waals surface area contributed by atoms with Crippen molar-refractivity contribution in [2.45, 2.75) is 17.9 Å². The van der Waals surface area contributed by atoms with Crippen LogP contribution in [-0.2, 0) is 14.8 Å². The van der Waals surface area contributed by atoms with E-state index in [0.29, 0.717) is 4.31 Å². The summed E-state index contributed by atoms with van der Waals surface area (Å²) in [6.07, 6.45) is 0. The number of hydrogen-bond acceptors (Lipinski definition) is 6. The van der Waals surface area contributed by atoms with Crippen LogP contribution in [-0.4, -0.2) is 37.6 Å². The Hall–Kier alpha value is -3.14. The summed E-state index contributed by atoms with van der Waals surface area (Å²) in [4.78, 5) is 21.8. The average Bonchev–Trinajstić information content (AvgIpc) is 2.62. The Morgan fingerprint density at radius 2 is 1.85 bits per heavy atom. The number of ether oxygens (including phenoxy) is 1. The zero-order valence-electron chi connectivity index (χ0n) is 13.9. The van der Waals surface area contributed by atoms with Gasteiger partial charge in [-0.05, 0) is 25.1 Å². The minimum Gasteiger partial charge on any atom is -0.495 e. The number of benzene rings is 2. The fraction of sp³-hybridized carbons (Fsp3) is 0.188. The number of nitro benzene ring substituents is 1. The lowest BCUT2D eigenvalue weighted by molar-refractivity contribution is -0.384. The van der Waals surface area contributed by atoms with Gasteiger partial charge in [-0.2, -0.15) is 0 Å². The molecule has 2 aromatic carbocycles. The van der Waals surface area contributed by atoms with E-state index in [4.69, 9.17) is 4.74 Å². The molecule has 2 rings (SSSR count). The molecule has 1 N–H and O–H groups in total. The summed E-state index contributed by atoms with van der Waals surface area (Å²) in [7, 11) is -3.07. The third-order valence-corrected chi connectivity index (χ3v) is 5.52. The fourth-order valence-electron chi connectivity index (χ4n) is 2.32. The van der Waals surface area contributed by atoms with Crippen molar-refractivity contribution < 1.29 is 28.0 Å². The molecule has 0 aromatic heterocycles. The van der Waals surface area contributed by atoms with Crippen LogP contribution in [0, 0.1) is 10.1 Å². The highest BCUT2D eigenvalue weighted by Gasteiger charge is 2.36. The number of carbonyl (C=O) groups is 1. The lowest BCUT2D eigenvalue weighted by atomic mass is 10.2. The van der Waals surface area contributed by atoms with E-state index in [2.05, 4.69) is 0 Å². The molecule has 0 saturated heterocycles. The summed E-state index contributed by atoms with van der Waals surface area (Å²) < 4.78 is 31.8. The monoisotopic (exact) mass is 380 g/mol. The number of methoxy groups -OCH3 is 1. The van der Waals surface area contributed by atoms with Crippen LogP contribution in [0.15, 0.2) is 53.4 Å². The van der Waals surface area contributed by atoms with E-state index in [1.807, 2.05) is 0 Å². The van der Waals surface area contributed by atoms with Gasteiger partial charge in [0.25, 0.3) is 15.7 Å². The molecule has 0 saturated carbocycles. The number of carboxylic acids is 1. The van der Waals surface area contributed by atoms with Crippen LogP contribution in [0.1, 0.15) is 6.92 Å². The summed E-state index contributed by atoms with van der Waals surface area (Å²) in [6.45, 7) is 1.17. The smallest absolute Gasteiger partial charge is 0.327 e. The van der Waals surface area contributed by atoms with Crippen molar-refractivity contribution in [2.24, 2.45) is 0 Å². The van der Waals surface area contributed by atoms with Crippen LogP contribution in [0.4, 0.5) is 11.4 Å². The Balaban J connectivity index is 2.77. The van der Waals surface area contributed by atoms with Crippen molar-refractivity contribution >= 4 is 27.4 Å². The zero-order chi connectivity index (χ0) is 19.5. The van der Waals surface area contributed by atoms with Gasteiger partial charge >= 0.3 is 5.97 Å². The molecule has 0 bridgehead atoms. The maximum Gasteiger partial charge on any atom is 0.327 e. The first-order valence-corrected chi connectivity index (χ1v) is 8.79. The Bertz CT molecular complexity index is 929. The van der Waals surface area contributed by atoms with Crippen LogP contribution >= 0.6 is 0 Å². The van der Waals surface area contributed by atoms with Crippen LogP contribution in [0.5, 0.6) is 5.75 Å². The SMILES string of the molecule is COc1ccc([N+](=O)[O-])cc1N(C(C)C(=O)O)S(=O)(=O)c1ccccc1. The third kappa shape index (κ3) is 3.59. The molecule has 0 amide bonds. The van der Waals surface area contributed by atoms with E-state index in [1.165, 1.54) is 44.4 Å². The van der Waals surface area contributed by atoms with Gasteiger partial charge in [-0.3, -0.25) is 10.1 Å². The van der Waals surface area contributed by atoms with Crippen molar-refractivity contribution in [1.82, 2.24) is 0 Å². The van der Waals surface area contributed by atoms with E-state index in [0.717, 1.165) is 12.1 Å². The third-order valence-electron chi connectivity index (χ3n) is 3.62. The van der Waals surface area contributed by atoms with Gasteiger partial charge in [0.2, 0.25) is 0 Å². The number of anilines is 1. The summed E-state index contributed by atoms with van der Waals surface area (Å²) >= 11 is 0. The molecule has 0 heterocycles. The number of nitro groups is 1. The molecule has 0 aliphatic heterocycles. The molecular weight excluding hydrogens is 364 g/mol. The molecule has 10 heteroatoms. The van der Waals surface area contributed by atoms with Gasteiger partial charge in [-0.15, -0.1) is 0 Å². The quantitative estimate of drug-likeness (QED) is 0.576. The van der Waals surface area contributed by atoms with Crippen molar-refractivity contribution in [1.29, 1.82) is 0 Å². The molecule has 0 spiro atoms. The van der Waals surface area contributed by atoms with Gasteiger partial charge in [-0.25, -0.2) is 17.5 Å². The van der Waals surface area contributed by atoms with Gasteiger partial charge < -0.3 is 9.84 Å². The number of carboxylic acid groups (broad SMARTS) is 1. The zero-order valence-corrected chi connectivity index (χ0v) is 14.7. The first-order chi connectivity index (χ1) is 12.2. The maximum absolute atomic E-state index is 13.1. The van der Waals surface area contributed by atoms with Gasteiger partial charge in [0.15, 0.2) is 0 Å². The fourth-order valence-corrected chi connectivity index (χ4v) is 3.95. The number of aliphatic carboxylic acids is 1. The van der Waals surface area contributed by atoms with E-state index >= 15 is 0 Å². The number of hydrogen-bond donors (Lipinski definition) is 1. The molecule has 0 fully saturated rings. The molecule has 0 aliphatic rings. The van der Waals surface area contributed by atoms with Crippen LogP contribution in [0.25, 0.3) is 0 Å². The minimum absolute atomic E-state index is 0.0109. The maximum atomic E-state index is 13.1. The largest absolute Gasteiger partial charge is 0.495 e. The number of non-ortho nitro benzene ring substituents is 1. The van der Waals surface area contributed by atoms with Crippen molar-refractivity contribution in [3.05, 3.63) is 58.6 Å². The molecular formula is C16H16N2O7S. The normalized spacial score (nSPS) is 12.2. The van der Waals surface area contributed by atoms with Crippen LogP contribution < -0.4 is 9.04 Å². The lowest BCUT2D eigenvalue weighted by Crippen LogP contribution is -2.43. The number of sulfonamides is 1. The molecule has 0 radical (unpaired) electrons. The minimum atomic E-state index is -4.32. The van der Waals surface area contributed by atoms with Crippen LogP contribution in [0.2, 0.25) is 0 Å². The Morgan fingerprint density at radius 3 is 2.35 bits per heavy atom. The summed E-state index contributed by atoms with van der Waals surface area (Å²) in [5.74, 6) is -1.43. The predicted molar refractivity (Wildman–Crippen MR) is 92.9 cm³/mol. The Kier molecular flexibility index (Phi) is 5.46. The van der Waals surface area contributed by atoms with Gasteiger partial charge in [0.05, 0.1) is 16.9 Å². The number of nitrogens with zero attached hydrogens (tertiary/aromatic N) is 2. The highest BCUT2D eigenvalue weighted by atomic mass is 32.2. The second-order valence-corrected chi connectivity index (χ2v) is 7.06. The van der Waals surface area contributed by atoms with E-state index < -0.39 is 32.6 Å². The highest BCUT2D eigenvalue weighted by Crippen LogP contribution is 2.37. The second kappa shape index (κ2) is 7.40. The molecule has 26 heavy (non-hydrogen) atoms. The molecule has 1 unspecified atom stereocenters. The van der Waals surface area contributed by atoms with Crippen molar-refractivity contribution in [3.63, 3.8) is 0 Å². The topological polar surface area (TPSA) is 127 Å². The molecule has 9 nitrogen and oxygen atoms in total. The Morgan fingerprint density at radius 1 is 1.23 bits per heavy atom. The number of rotatable bonds is 7. The van der Waals surface area contributed by atoms with Crippen molar-refractivity contribution in [3.8, 4) is 5.75 Å². The molecule has 138 valence electrons. The molecule has 1 atom stereocenters. The van der Waals surface area contributed by atoms with Gasteiger partial charge in [0, 0.05) is 12.1 Å². The average molecular weight is 380 g/mol. The first-order valence-electron chi connectivity index (χ1n) is 7.35. The first kappa shape index (κ1) is 19.2. The predicted octanol–water partition coefficient (Wildman–Crippen LogP) is 2.27.